The second-order valence-corrected chi connectivity index (χ2v) is 11.4. The van der Waals surface area contributed by atoms with Crippen molar-refractivity contribution in [3.05, 3.63) is 69.2 Å². The van der Waals surface area contributed by atoms with E-state index in [1.54, 1.807) is 17.0 Å². The molecule has 0 unspecified atom stereocenters. The summed E-state index contributed by atoms with van der Waals surface area (Å²) in [6.45, 7) is 8.84. The van der Waals surface area contributed by atoms with Crippen molar-refractivity contribution in [1.29, 1.82) is 0 Å². The van der Waals surface area contributed by atoms with E-state index in [1.807, 2.05) is 13.0 Å². The van der Waals surface area contributed by atoms with E-state index in [1.165, 1.54) is 5.56 Å². The predicted molar refractivity (Wildman–Crippen MR) is 145 cm³/mol. The quantitative estimate of drug-likeness (QED) is 0.386. The van der Waals surface area contributed by atoms with Gasteiger partial charge < -0.3 is 10.2 Å². The third-order valence-corrected chi connectivity index (χ3v) is 7.61. The monoisotopic (exact) mass is 516 g/mol. The van der Waals surface area contributed by atoms with E-state index in [9.17, 15) is 9.59 Å². The van der Waals surface area contributed by atoms with Gasteiger partial charge in [0.15, 0.2) is 0 Å². The van der Waals surface area contributed by atoms with Gasteiger partial charge >= 0.3 is 0 Å². The van der Waals surface area contributed by atoms with Gasteiger partial charge in [-0.25, -0.2) is 0 Å². The van der Waals surface area contributed by atoms with Crippen LogP contribution in [0.25, 0.3) is 0 Å². The van der Waals surface area contributed by atoms with Crippen molar-refractivity contribution in [2.24, 2.45) is 0 Å². The van der Waals surface area contributed by atoms with Crippen LogP contribution < -0.4 is 5.32 Å². The van der Waals surface area contributed by atoms with Crippen molar-refractivity contribution in [2.45, 2.75) is 96.7 Å². The topological polar surface area (TPSA) is 49.4 Å². The largest absolute Gasteiger partial charge is 0.352 e. The van der Waals surface area contributed by atoms with Crippen LogP contribution >= 0.6 is 23.2 Å². The van der Waals surface area contributed by atoms with Crippen LogP contribution in [0.3, 0.4) is 0 Å². The zero-order valence-corrected chi connectivity index (χ0v) is 22.9. The Morgan fingerprint density at radius 1 is 1.00 bits per heavy atom. The van der Waals surface area contributed by atoms with Gasteiger partial charge in [0.25, 0.3) is 0 Å². The van der Waals surface area contributed by atoms with Gasteiger partial charge in [0, 0.05) is 19.0 Å². The molecule has 0 aromatic heterocycles. The summed E-state index contributed by atoms with van der Waals surface area (Å²) >= 11 is 12.3. The van der Waals surface area contributed by atoms with Crippen molar-refractivity contribution in [3.8, 4) is 0 Å². The highest BCUT2D eigenvalue weighted by atomic mass is 35.5. The Kier molecular flexibility index (Phi) is 9.66. The van der Waals surface area contributed by atoms with Gasteiger partial charge in [-0.2, -0.15) is 0 Å². The van der Waals surface area contributed by atoms with Gasteiger partial charge in [-0.15, -0.1) is 0 Å². The Morgan fingerprint density at radius 2 is 1.63 bits per heavy atom. The zero-order valence-electron chi connectivity index (χ0n) is 21.4. The van der Waals surface area contributed by atoms with Gasteiger partial charge in [-0.3, -0.25) is 9.59 Å². The second-order valence-electron chi connectivity index (χ2n) is 10.6. The number of carbonyl (C=O) groups is 2. The van der Waals surface area contributed by atoms with Gasteiger partial charge in [-0.05, 0) is 59.9 Å². The molecule has 1 saturated carbocycles. The molecule has 0 bridgehead atoms. The molecule has 35 heavy (non-hydrogen) atoms. The number of nitrogens with one attached hydrogen (secondary N) is 1. The van der Waals surface area contributed by atoms with Crippen LogP contribution in [0.4, 0.5) is 0 Å². The molecule has 0 saturated heterocycles. The number of amides is 2. The van der Waals surface area contributed by atoms with Crippen LogP contribution in [0.1, 0.15) is 82.9 Å². The van der Waals surface area contributed by atoms with Crippen LogP contribution in [-0.2, 0) is 28.0 Å². The molecule has 0 spiro atoms. The van der Waals surface area contributed by atoms with Crippen molar-refractivity contribution in [2.75, 3.05) is 0 Å². The molecule has 1 atom stereocenters. The lowest BCUT2D eigenvalue weighted by Gasteiger charge is -2.31. The molecule has 2 aromatic carbocycles. The van der Waals surface area contributed by atoms with E-state index in [0.29, 0.717) is 35.9 Å². The van der Waals surface area contributed by atoms with Gasteiger partial charge in [-0.1, -0.05) is 94.1 Å². The van der Waals surface area contributed by atoms with Gasteiger partial charge in [0.05, 0.1) is 10.0 Å². The zero-order chi connectivity index (χ0) is 25.6. The van der Waals surface area contributed by atoms with E-state index < -0.39 is 6.04 Å². The van der Waals surface area contributed by atoms with Crippen LogP contribution in [0.5, 0.6) is 0 Å². The number of hydrogen-bond acceptors (Lipinski definition) is 2. The normalized spacial score (nSPS) is 15.1. The molecule has 1 aliphatic carbocycles. The minimum atomic E-state index is -0.527. The number of halogens is 2. The van der Waals surface area contributed by atoms with Crippen molar-refractivity contribution in [3.63, 3.8) is 0 Å². The third-order valence-electron chi connectivity index (χ3n) is 6.87. The highest BCUT2D eigenvalue weighted by molar-refractivity contribution is 6.42. The Morgan fingerprint density at radius 3 is 2.20 bits per heavy atom. The number of hydrogen-bond donors (Lipinski definition) is 1. The molecule has 6 heteroatoms. The lowest BCUT2D eigenvalue weighted by atomic mass is 9.86. The molecular weight excluding hydrogens is 479 g/mol. The molecule has 3 rings (SSSR count). The molecule has 2 amide bonds. The first-order chi connectivity index (χ1) is 16.6. The van der Waals surface area contributed by atoms with Gasteiger partial charge in [0.1, 0.15) is 6.04 Å². The van der Waals surface area contributed by atoms with Gasteiger partial charge in [0.2, 0.25) is 11.8 Å². The summed E-state index contributed by atoms with van der Waals surface area (Å²) in [7, 11) is 0. The van der Waals surface area contributed by atoms with E-state index in [4.69, 9.17) is 23.2 Å². The molecular formula is C29H38Cl2N2O2. The van der Waals surface area contributed by atoms with Crippen LogP contribution in [-0.4, -0.2) is 28.8 Å². The number of carbonyl (C=O) groups excluding carboxylic acids is 2. The lowest BCUT2D eigenvalue weighted by Crippen LogP contribution is -2.51. The van der Waals surface area contributed by atoms with Crippen molar-refractivity contribution < 1.29 is 9.59 Å². The Balaban J connectivity index is 1.76. The maximum Gasteiger partial charge on any atom is 0.243 e. The molecule has 2 aromatic rings. The molecule has 0 aliphatic heterocycles. The number of aryl methyl sites for hydroxylation is 1. The summed E-state index contributed by atoms with van der Waals surface area (Å²) in [4.78, 5) is 28.5. The Labute approximate surface area is 220 Å². The van der Waals surface area contributed by atoms with Crippen LogP contribution in [0.15, 0.2) is 42.5 Å². The smallest absolute Gasteiger partial charge is 0.243 e. The fourth-order valence-electron chi connectivity index (χ4n) is 4.69. The first-order valence-electron chi connectivity index (χ1n) is 12.7. The molecule has 1 fully saturated rings. The van der Waals surface area contributed by atoms with E-state index >= 15 is 0 Å². The number of nitrogens with zero attached hydrogens (tertiary/aromatic N) is 1. The fourth-order valence-corrected chi connectivity index (χ4v) is 5.01. The van der Waals surface area contributed by atoms with Crippen LogP contribution in [0.2, 0.25) is 10.0 Å². The third kappa shape index (κ3) is 7.72. The van der Waals surface area contributed by atoms with Crippen LogP contribution in [0, 0.1) is 0 Å². The SMILES string of the molecule is CC[C@@H](C(=O)NC1CCCC1)N(Cc1ccc(Cl)c(Cl)c1)C(=O)CCc1ccc(C(C)(C)C)cc1. The fraction of sp³-hybridized carbons (Fsp3) is 0.517. The molecule has 1 aliphatic rings. The lowest BCUT2D eigenvalue weighted by molar-refractivity contribution is -0.141. The Hall–Kier alpha value is -2.04. The Bertz CT molecular complexity index is 1010. The number of rotatable bonds is 9. The predicted octanol–water partition coefficient (Wildman–Crippen LogP) is 7.09. The standard InChI is InChI=1S/C29H38Cl2N2O2/c1-5-26(28(35)32-23-8-6-7-9-23)33(19-21-12-16-24(30)25(31)18-21)27(34)17-13-20-10-14-22(15-11-20)29(2,3)4/h10-12,14-16,18,23,26H,5-9,13,17,19H2,1-4H3,(H,32,35)/t26-/m0/s1. The minimum absolute atomic E-state index is 0.0376. The first-order valence-corrected chi connectivity index (χ1v) is 13.5. The summed E-state index contributed by atoms with van der Waals surface area (Å²) in [6, 6.07) is 13.5. The molecule has 0 heterocycles. The van der Waals surface area contributed by atoms with E-state index in [2.05, 4.69) is 50.4 Å². The minimum Gasteiger partial charge on any atom is -0.352 e. The molecule has 190 valence electrons. The van der Waals surface area contributed by atoms with Crippen molar-refractivity contribution in [1.82, 2.24) is 10.2 Å². The highest BCUT2D eigenvalue weighted by Crippen LogP contribution is 2.26. The summed E-state index contributed by atoms with van der Waals surface area (Å²) in [5, 5.41) is 4.10. The maximum atomic E-state index is 13.5. The molecule has 1 N–H and O–H groups in total. The van der Waals surface area contributed by atoms with E-state index in [0.717, 1.165) is 36.8 Å². The average Bonchev–Trinajstić information content (AvgIpc) is 3.32. The summed E-state index contributed by atoms with van der Waals surface area (Å²) < 4.78 is 0. The average molecular weight is 518 g/mol. The number of benzene rings is 2. The molecule has 4 nitrogen and oxygen atoms in total. The first kappa shape index (κ1) is 27.5. The molecule has 0 radical (unpaired) electrons. The maximum absolute atomic E-state index is 13.5. The van der Waals surface area contributed by atoms with E-state index in [-0.39, 0.29) is 23.3 Å². The van der Waals surface area contributed by atoms with Crippen molar-refractivity contribution >= 4 is 35.0 Å². The highest BCUT2D eigenvalue weighted by Gasteiger charge is 2.30. The second kappa shape index (κ2) is 12.3. The summed E-state index contributed by atoms with van der Waals surface area (Å²) in [5.41, 5.74) is 3.33. The summed E-state index contributed by atoms with van der Waals surface area (Å²) in [5.74, 6) is -0.105. The summed E-state index contributed by atoms with van der Waals surface area (Å²) in [6.07, 6.45) is 5.81.